The largest absolute Gasteiger partial charge is 0.352 e. The molecule has 0 aliphatic rings. The highest BCUT2D eigenvalue weighted by molar-refractivity contribution is 5.76. The van der Waals surface area contributed by atoms with Gasteiger partial charge in [0.1, 0.15) is 0 Å². The Morgan fingerprint density at radius 1 is 0.963 bits per heavy atom. The van der Waals surface area contributed by atoms with E-state index in [2.05, 4.69) is 60.7 Å². The second kappa shape index (κ2) is 8.67. The number of carbonyl (C=O) groups excluding carboxylic acids is 1. The first-order valence-corrected chi connectivity index (χ1v) is 9.42. The summed E-state index contributed by atoms with van der Waals surface area (Å²) in [6.45, 7) is 7.41. The minimum atomic E-state index is 0.0742. The van der Waals surface area contributed by atoms with E-state index in [1.54, 1.807) is 0 Å². The van der Waals surface area contributed by atoms with Crippen LogP contribution in [-0.2, 0) is 24.3 Å². The Hall–Kier alpha value is -2.88. The quantitative estimate of drug-likeness (QED) is 0.688. The molecule has 1 N–H and O–H groups in total. The van der Waals surface area contributed by atoms with Gasteiger partial charge in [-0.15, -0.1) is 0 Å². The van der Waals surface area contributed by atoms with Crippen LogP contribution < -0.4 is 5.32 Å². The molecular weight excluding hydrogens is 334 g/mol. The van der Waals surface area contributed by atoms with Gasteiger partial charge in [0.2, 0.25) is 5.91 Å². The summed E-state index contributed by atoms with van der Waals surface area (Å²) in [5.74, 6) is 0.0742. The van der Waals surface area contributed by atoms with Crippen molar-refractivity contribution < 1.29 is 4.79 Å². The minimum absolute atomic E-state index is 0.0742. The summed E-state index contributed by atoms with van der Waals surface area (Å²) in [7, 11) is 0. The van der Waals surface area contributed by atoms with E-state index >= 15 is 0 Å². The highest BCUT2D eigenvalue weighted by atomic mass is 16.1. The second-order valence-corrected chi connectivity index (χ2v) is 7.05. The Kier molecular flexibility index (Phi) is 6.07. The molecule has 4 nitrogen and oxygen atoms in total. The molecule has 3 rings (SSSR count). The molecule has 0 aliphatic carbocycles. The highest BCUT2D eigenvalue weighted by Crippen LogP contribution is 2.15. The van der Waals surface area contributed by atoms with Gasteiger partial charge in [-0.05, 0) is 38.3 Å². The number of carbonyl (C=O) groups is 1. The number of aromatic nitrogens is 2. The summed E-state index contributed by atoms with van der Waals surface area (Å²) in [6, 6.07) is 18.6. The van der Waals surface area contributed by atoms with Crippen molar-refractivity contribution in [2.75, 3.05) is 0 Å². The molecule has 140 valence electrons. The molecule has 0 saturated carbocycles. The van der Waals surface area contributed by atoms with Crippen molar-refractivity contribution in [3.8, 4) is 0 Å². The summed E-state index contributed by atoms with van der Waals surface area (Å²) in [4.78, 5) is 12.2. The fourth-order valence-corrected chi connectivity index (χ4v) is 3.19. The summed E-state index contributed by atoms with van der Waals surface area (Å²) in [5, 5.41) is 7.70. The smallest absolute Gasteiger partial charge is 0.220 e. The Balaban J connectivity index is 1.55. The van der Waals surface area contributed by atoms with Gasteiger partial charge >= 0.3 is 0 Å². The van der Waals surface area contributed by atoms with E-state index in [9.17, 15) is 4.79 Å². The van der Waals surface area contributed by atoms with E-state index in [-0.39, 0.29) is 5.91 Å². The standard InChI is InChI=1S/C23H27N3O/c1-17-9-11-20(12-10-17)13-14-23(27)24-15-22-18(2)25-26(19(22)3)16-21-7-5-4-6-8-21/h4-12H,13-16H2,1-3H3,(H,24,27). The van der Waals surface area contributed by atoms with Crippen molar-refractivity contribution >= 4 is 5.91 Å². The van der Waals surface area contributed by atoms with Gasteiger partial charge in [-0.25, -0.2) is 0 Å². The lowest BCUT2D eigenvalue weighted by molar-refractivity contribution is -0.121. The number of nitrogens with zero attached hydrogens (tertiary/aromatic N) is 2. The van der Waals surface area contributed by atoms with E-state index in [0.717, 1.165) is 29.9 Å². The maximum atomic E-state index is 12.2. The molecule has 4 heteroatoms. The normalized spacial score (nSPS) is 10.8. The van der Waals surface area contributed by atoms with Crippen molar-refractivity contribution in [1.29, 1.82) is 0 Å². The summed E-state index contributed by atoms with van der Waals surface area (Å²) < 4.78 is 2.01. The SMILES string of the molecule is Cc1ccc(CCC(=O)NCc2c(C)nn(Cc3ccccc3)c2C)cc1. The first kappa shape index (κ1) is 18.9. The number of hydrogen-bond acceptors (Lipinski definition) is 2. The lowest BCUT2D eigenvalue weighted by Gasteiger charge is -2.08. The third kappa shape index (κ3) is 5.07. The average Bonchev–Trinajstić information content (AvgIpc) is 2.93. The predicted octanol–water partition coefficient (Wildman–Crippen LogP) is 4.11. The zero-order valence-corrected chi connectivity index (χ0v) is 16.3. The molecule has 0 aliphatic heterocycles. The van der Waals surface area contributed by atoms with Crippen LogP contribution in [0, 0.1) is 20.8 Å². The van der Waals surface area contributed by atoms with Crippen LogP contribution in [0.1, 0.15) is 40.1 Å². The van der Waals surface area contributed by atoms with Crippen molar-refractivity contribution in [2.24, 2.45) is 0 Å². The van der Waals surface area contributed by atoms with Crippen molar-refractivity contribution in [3.05, 3.63) is 88.2 Å². The topological polar surface area (TPSA) is 46.9 Å². The van der Waals surface area contributed by atoms with Gasteiger partial charge in [0.05, 0.1) is 12.2 Å². The molecule has 0 radical (unpaired) electrons. The molecule has 1 amide bonds. The summed E-state index contributed by atoms with van der Waals surface area (Å²) >= 11 is 0. The molecule has 27 heavy (non-hydrogen) atoms. The molecule has 1 heterocycles. The molecule has 0 fully saturated rings. The summed E-state index contributed by atoms with van der Waals surface area (Å²) in [6.07, 6.45) is 1.26. The predicted molar refractivity (Wildman–Crippen MR) is 109 cm³/mol. The molecule has 0 spiro atoms. The fraction of sp³-hybridized carbons (Fsp3) is 0.304. The average molecular weight is 361 g/mol. The lowest BCUT2D eigenvalue weighted by Crippen LogP contribution is -2.23. The van der Waals surface area contributed by atoms with E-state index in [1.165, 1.54) is 16.7 Å². The van der Waals surface area contributed by atoms with Crippen molar-refractivity contribution in [3.63, 3.8) is 0 Å². The molecule has 0 bridgehead atoms. The molecule has 0 saturated heterocycles. The Morgan fingerprint density at radius 2 is 1.67 bits per heavy atom. The van der Waals surface area contributed by atoms with Gasteiger partial charge in [-0.2, -0.15) is 5.10 Å². The highest BCUT2D eigenvalue weighted by Gasteiger charge is 2.13. The molecule has 0 unspecified atom stereocenters. The molecular formula is C23H27N3O. The third-order valence-corrected chi connectivity index (χ3v) is 4.93. The molecule has 1 aromatic heterocycles. The van der Waals surface area contributed by atoms with Crippen LogP contribution in [0.3, 0.4) is 0 Å². The van der Waals surface area contributed by atoms with Gasteiger partial charge in [-0.1, -0.05) is 60.2 Å². The van der Waals surface area contributed by atoms with Crippen LogP contribution in [0.15, 0.2) is 54.6 Å². The Labute approximate surface area is 161 Å². The first-order valence-electron chi connectivity index (χ1n) is 9.42. The Morgan fingerprint density at radius 3 is 2.37 bits per heavy atom. The van der Waals surface area contributed by atoms with E-state index in [0.29, 0.717) is 13.0 Å². The summed E-state index contributed by atoms with van der Waals surface area (Å²) in [5.41, 5.74) is 6.84. The lowest BCUT2D eigenvalue weighted by atomic mass is 10.1. The van der Waals surface area contributed by atoms with Crippen LogP contribution in [0.2, 0.25) is 0 Å². The maximum Gasteiger partial charge on any atom is 0.220 e. The van der Waals surface area contributed by atoms with Crippen LogP contribution in [0.25, 0.3) is 0 Å². The Bertz CT molecular complexity index is 895. The third-order valence-electron chi connectivity index (χ3n) is 4.93. The van der Waals surface area contributed by atoms with Crippen molar-refractivity contribution in [2.45, 2.75) is 46.7 Å². The van der Waals surface area contributed by atoms with E-state index in [1.807, 2.05) is 29.8 Å². The van der Waals surface area contributed by atoms with Crippen molar-refractivity contribution in [1.82, 2.24) is 15.1 Å². The van der Waals surface area contributed by atoms with Crippen LogP contribution in [0.5, 0.6) is 0 Å². The number of nitrogens with one attached hydrogen (secondary N) is 1. The van der Waals surface area contributed by atoms with Crippen LogP contribution in [0.4, 0.5) is 0 Å². The zero-order valence-electron chi connectivity index (χ0n) is 16.3. The molecule has 2 aromatic carbocycles. The maximum absolute atomic E-state index is 12.2. The van der Waals surface area contributed by atoms with E-state index < -0.39 is 0 Å². The molecule has 3 aromatic rings. The van der Waals surface area contributed by atoms with Crippen LogP contribution in [-0.4, -0.2) is 15.7 Å². The number of aryl methyl sites for hydroxylation is 3. The van der Waals surface area contributed by atoms with Gasteiger partial charge in [-0.3, -0.25) is 9.48 Å². The van der Waals surface area contributed by atoms with Gasteiger partial charge in [0.25, 0.3) is 0 Å². The van der Waals surface area contributed by atoms with Gasteiger partial charge in [0.15, 0.2) is 0 Å². The monoisotopic (exact) mass is 361 g/mol. The first-order chi connectivity index (χ1) is 13.0. The second-order valence-electron chi connectivity index (χ2n) is 7.05. The zero-order chi connectivity index (χ0) is 19.2. The number of amides is 1. The van der Waals surface area contributed by atoms with Gasteiger partial charge < -0.3 is 5.32 Å². The molecule has 0 atom stereocenters. The van der Waals surface area contributed by atoms with Gasteiger partial charge in [0, 0.05) is 24.2 Å². The number of rotatable bonds is 7. The van der Waals surface area contributed by atoms with E-state index in [4.69, 9.17) is 0 Å². The fourth-order valence-electron chi connectivity index (χ4n) is 3.19. The van der Waals surface area contributed by atoms with Crippen LogP contribution >= 0.6 is 0 Å². The number of hydrogen-bond donors (Lipinski definition) is 1. The minimum Gasteiger partial charge on any atom is -0.352 e. The number of benzene rings is 2.